The summed E-state index contributed by atoms with van der Waals surface area (Å²) in [6.07, 6.45) is 1.86. The molecule has 3 heteroatoms. The maximum Gasteiger partial charge on any atom is 0.309 e. The molecule has 0 aromatic carbocycles. The first-order valence-corrected chi connectivity index (χ1v) is 5.34. The monoisotopic (exact) mass is 202 g/mol. The number of aliphatic carboxylic acids is 1. The zero-order valence-electron chi connectivity index (χ0n) is 9.58. The summed E-state index contributed by atoms with van der Waals surface area (Å²) in [5, 5.41) is 19.3. The number of carboxylic acid groups (broad SMARTS) is 1. The van der Waals surface area contributed by atoms with Gasteiger partial charge in [-0.2, -0.15) is 0 Å². The highest BCUT2D eigenvalue weighted by molar-refractivity contribution is 5.71. The van der Waals surface area contributed by atoms with Gasteiger partial charge in [-0.3, -0.25) is 4.79 Å². The summed E-state index contributed by atoms with van der Waals surface area (Å²) in [6.45, 7) is 7.48. The van der Waals surface area contributed by atoms with Crippen molar-refractivity contribution in [3.05, 3.63) is 0 Å². The lowest BCUT2D eigenvalue weighted by Crippen LogP contribution is -2.44. The maximum atomic E-state index is 11.1. The molecular formula is C11H22O3. The Morgan fingerprint density at radius 2 is 1.86 bits per heavy atom. The Kier molecular flexibility index (Phi) is 5.13. The number of carboxylic acids is 1. The summed E-state index contributed by atoms with van der Waals surface area (Å²) in [5.41, 5.74) is -1.05. The van der Waals surface area contributed by atoms with Gasteiger partial charge in [-0.05, 0) is 18.8 Å². The fourth-order valence-electron chi connectivity index (χ4n) is 2.12. The van der Waals surface area contributed by atoms with Crippen LogP contribution in [0.25, 0.3) is 0 Å². The van der Waals surface area contributed by atoms with Gasteiger partial charge in [-0.15, -0.1) is 0 Å². The maximum absolute atomic E-state index is 11.1. The van der Waals surface area contributed by atoms with Crippen molar-refractivity contribution < 1.29 is 15.0 Å². The molecule has 0 fully saturated rings. The number of aliphatic hydroxyl groups is 1. The SMILES string of the molecule is CCCC(O)(CC)C(C(=O)O)C(C)C. The van der Waals surface area contributed by atoms with Crippen molar-refractivity contribution in [1.29, 1.82) is 0 Å². The van der Waals surface area contributed by atoms with Crippen LogP contribution in [0.2, 0.25) is 0 Å². The van der Waals surface area contributed by atoms with E-state index in [0.717, 1.165) is 6.42 Å². The molecule has 0 aliphatic carbocycles. The molecule has 0 aromatic heterocycles. The Bertz CT molecular complexity index is 189. The van der Waals surface area contributed by atoms with E-state index in [2.05, 4.69) is 0 Å². The van der Waals surface area contributed by atoms with Gasteiger partial charge in [0.15, 0.2) is 0 Å². The quantitative estimate of drug-likeness (QED) is 0.694. The van der Waals surface area contributed by atoms with Gasteiger partial charge in [0.1, 0.15) is 0 Å². The van der Waals surface area contributed by atoms with Crippen molar-refractivity contribution in [2.24, 2.45) is 11.8 Å². The molecule has 0 heterocycles. The molecule has 0 bridgehead atoms. The highest BCUT2D eigenvalue weighted by Gasteiger charge is 2.41. The van der Waals surface area contributed by atoms with Crippen LogP contribution in [0.5, 0.6) is 0 Å². The molecule has 84 valence electrons. The first kappa shape index (κ1) is 13.4. The Morgan fingerprint density at radius 3 is 2.07 bits per heavy atom. The summed E-state index contributed by atoms with van der Waals surface area (Å²) < 4.78 is 0. The van der Waals surface area contributed by atoms with E-state index >= 15 is 0 Å². The van der Waals surface area contributed by atoms with Gasteiger partial charge in [-0.25, -0.2) is 0 Å². The number of hydrogen-bond donors (Lipinski definition) is 2. The van der Waals surface area contributed by atoms with Crippen molar-refractivity contribution in [3.63, 3.8) is 0 Å². The van der Waals surface area contributed by atoms with Crippen LogP contribution in [0, 0.1) is 11.8 Å². The minimum Gasteiger partial charge on any atom is -0.481 e. The van der Waals surface area contributed by atoms with E-state index in [4.69, 9.17) is 5.11 Å². The molecule has 0 radical (unpaired) electrons. The summed E-state index contributed by atoms with van der Waals surface area (Å²) in [5.74, 6) is -1.59. The van der Waals surface area contributed by atoms with Crippen LogP contribution >= 0.6 is 0 Å². The summed E-state index contributed by atoms with van der Waals surface area (Å²) in [7, 11) is 0. The van der Waals surface area contributed by atoms with Gasteiger partial charge >= 0.3 is 5.97 Å². The molecule has 3 nitrogen and oxygen atoms in total. The smallest absolute Gasteiger partial charge is 0.309 e. The van der Waals surface area contributed by atoms with Crippen molar-refractivity contribution >= 4 is 5.97 Å². The van der Waals surface area contributed by atoms with Crippen LogP contribution in [-0.2, 0) is 4.79 Å². The molecule has 0 amide bonds. The molecule has 2 N–H and O–H groups in total. The summed E-state index contributed by atoms with van der Waals surface area (Å²) in [4.78, 5) is 11.1. The lowest BCUT2D eigenvalue weighted by Gasteiger charge is -2.35. The highest BCUT2D eigenvalue weighted by atomic mass is 16.4. The minimum absolute atomic E-state index is 0.0380. The molecule has 0 aromatic rings. The Balaban J connectivity index is 4.83. The van der Waals surface area contributed by atoms with Gasteiger partial charge in [0, 0.05) is 0 Å². The second-order valence-electron chi connectivity index (χ2n) is 4.27. The molecular weight excluding hydrogens is 180 g/mol. The molecule has 0 saturated heterocycles. The van der Waals surface area contributed by atoms with Crippen molar-refractivity contribution in [1.82, 2.24) is 0 Å². The normalized spacial score (nSPS) is 17.9. The van der Waals surface area contributed by atoms with Crippen molar-refractivity contribution in [3.8, 4) is 0 Å². The third kappa shape index (κ3) is 2.98. The molecule has 0 aliphatic heterocycles. The van der Waals surface area contributed by atoms with Crippen LogP contribution < -0.4 is 0 Å². The van der Waals surface area contributed by atoms with E-state index in [0.29, 0.717) is 12.8 Å². The van der Waals surface area contributed by atoms with E-state index in [1.807, 2.05) is 27.7 Å². The van der Waals surface area contributed by atoms with Crippen LogP contribution in [0.15, 0.2) is 0 Å². The Labute approximate surface area is 86.1 Å². The second kappa shape index (κ2) is 5.35. The Hall–Kier alpha value is -0.570. The van der Waals surface area contributed by atoms with E-state index in [1.54, 1.807) is 0 Å². The van der Waals surface area contributed by atoms with Crippen LogP contribution in [0.3, 0.4) is 0 Å². The molecule has 0 aliphatic rings. The van der Waals surface area contributed by atoms with E-state index < -0.39 is 17.5 Å². The van der Waals surface area contributed by atoms with Gasteiger partial charge in [0.25, 0.3) is 0 Å². The van der Waals surface area contributed by atoms with E-state index in [9.17, 15) is 9.90 Å². The zero-order chi connectivity index (χ0) is 11.4. The molecule has 14 heavy (non-hydrogen) atoms. The van der Waals surface area contributed by atoms with Crippen molar-refractivity contribution in [2.45, 2.75) is 52.6 Å². The Morgan fingerprint density at radius 1 is 1.36 bits per heavy atom. The molecule has 0 rings (SSSR count). The predicted molar refractivity (Wildman–Crippen MR) is 56.1 cm³/mol. The lowest BCUT2D eigenvalue weighted by molar-refractivity contribution is -0.156. The molecule has 2 atom stereocenters. The molecule has 2 unspecified atom stereocenters. The number of carbonyl (C=O) groups is 1. The third-order valence-corrected chi connectivity index (χ3v) is 2.81. The van der Waals surface area contributed by atoms with Gasteiger partial charge in [-0.1, -0.05) is 34.1 Å². The standard InChI is InChI=1S/C11H22O3/c1-5-7-11(14,6-2)9(8(3)4)10(12)13/h8-9,14H,5-7H2,1-4H3,(H,12,13). The largest absolute Gasteiger partial charge is 0.481 e. The fourth-order valence-corrected chi connectivity index (χ4v) is 2.12. The highest BCUT2D eigenvalue weighted by Crippen LogP contribution is 2.32. The average Bonchev–Trinajstić information content (AvgIpc) is 2.03. The van der Waals surface area contributed by atoms with E-state index in [-0.39, 0.29) is 5.92 Å². The molecule has 0 spiro atoms. The zero-order valence-corrected chi connectivity index (χ0v) is 9.58. The topological polar surface area (TPSA) is 57.5 Å². The fraction of sp³-hybridized carbons (Fsp3) is 0.909. The minimum atomic E-state index is -1.05. The first-order valence-electron chi connectivity index (χ1n) is 5.34. The van der Waals surface area contributed by atoms with Crippen LogP contribution in [-0.4, -0.2) is 21.8 Å². The first-order chi connectivity index (χ1) is 6.39. The molecule has 0 saturated carbocycles. The van der Waals surface area contributed by atoms with Crippen LogP contribution in [0.4, 0.5) is 0 Å². The average molecular weight is 202 g/mol. The van der Waals surface area contributed by atoms with Gasteiger partial charge < -0.3 is 10.2 Å². The summed E-state index contributed by atoms with van der Waals surface area (Å²) in [6, 6.07) is 0. The van der Waals surface area contributed by atoms with Gasteiger partial charge in [0.05, 0.1) is 11.5 Å². The number of rotatable bonds is 6. The van der Waals surface area contributed by atoms with Crippen molar-refractivity contribution in [2.75, 3.05) is 0 Å². The second-order valence-corrected chi connectivity index (χ2v) is 4.27. The summed E-state index contributed by atoms with van der Waals surface area (Å²) >= 11 is 0. The predicted octanol–water partition coefficient (Wildman–Crippen LogP) is 2.28. The third-order valence-electron chi connectivity index (χ3n) is 2.81. The van der Waals surface area contributed by atoms with Crippen LogP contribution in [0.1, 0.15) is 47.0 Å². The lowest BCUT2D eigenvalue weighted by atomic mass is 9.75. The van der Waals surface area contributed by atoms with E-state index in [1.165, 1.54) is 0 Å². The van der Waals surface area contributed by atoms with Gasteiger partial charge in [0.2, 0.25) is 0 Å². The number of hydrogen-bond acceptors (Lipinski definition) is 2.